The van der Waals surface area contributed by atoms with Gasteiger partial charge in [-0.05, 0) is 53.3 Å². The fourth-order valence-electron chi connectivity index (χ4n) is 1.46. The van der Waals surface area contributed by atoms with Crippen molar-refractivity contribution in [3.63, 3.8) is 0 Å². The van der Waals surface area contributed by atoms with E-state index in [2.05, 4.69) is 32.6 Å². The van der Waals surface area contributed by atoms with Gasteiger partial charge in [0, 0.05) is 22.1 Å². The van der Waals surface area contributed by atoms with Crippen LogP contribution in [0.2, 0.25) is 0 Å². The topological polar surface area (TPSA) is 55.4 Å². The smallest absolute Gasteiger partial charge is 0.340 e. The Balaban J connectivity index is 2.24. The van der Waals surface area contributed by atoms with E-state index < -0.39 is 24.9 Å². The van der Waals surface area contributed by atoms with E-state index in [0.717, 1.165) is 3.57 Å². The number of carbonyl (C=O) groups excluding carboxylic acids is 2. The number of nitrogens with one attached hydrogen (secondary N) is 1. The molecule has 128 valence electrons. The number of esters is 1. The summed E-state index contributed by atoms with van der Waals surface area (Å²) in [7, 11) is 0. The molecule has 0 bridgehead atoms. The van der Waals surface area contributed by atoms with E-state index in [9.17, 15) is 27.2 Å². The highest BCUT2D eigenvalue weighted by Crippen LogP contribution is 2.23. The van der Waals surface area contributed by atoms with Crippen LogP contribution in [0.4, 0.5) is 23.2 Å². The molecule has 0 radical (unpaired) electrons. The Morgan fingerprint density at radius 2 is 1.78 bits per heavy atom. The second-order valence-electron chi connectivity index (χ2n) is 4.63. The van der Waals surface area contributed by atoms with Crippen LogP contribution in [0.5, 0.6) is 0 Å². The molecule has 1 aromatic rings. The van der Waals surface area contributed by atoms with Gasteiger partial charge in [-0.2, -0.15) is 8.78 Å². The summed E-state index contributed by atoms with van der Waals surface area (Å²) in [5.74, 6) is -5.76. The van der Waals surface area contributed by atoms with E-state index >= 15 is 0 Å². The van der Waals surface area contributed by atoms with Gasteiger partial charge >= 0.3 is 18.3 Å². The van der Waals surface area contributed by atoms with Gasteiger partial charge in [0.25, 0.3) is 0 Å². The predicted octanol–water partition coefficient (Wildman–Crippen LogP) is 3.84. The number of ether oxygens (including phenoxy) is 1. The lowest BCUT2D eigenvalue weighted by atomic mass is 10.2. The largest absolute Gasteiger partial charge is 0.459 e. The normalized spacial score (nSPS) is 11.4. The first-order valence-corrected chi connectivity index (χ1v) is 7.65. The molecule has 4 nitrogen and oxygen atoms in total. The second kappa shape index (κ2) is 9.04. The van der Waals surface area contributed by atoms with E-state index in [1.807, 2.05) is 0 Å². The molecule has 1 aromatic carbocycles. The molecule has 0 aliphatic carbocycles. The summed E-state index contributed by atoms with van der Waals surface area (Å²) in [6.45, 7) is -1.67. The fraction of sp³-hybridized carbons (Fsp3) is 0.429. The van der Waals surface area contributed by atoms with Crippen molar-refractivity contribution in [2.75, 3.05) is 11.9 Å². The van der Waals surface area contributed by atoms with Crippen molar-refractivity contribution >= 4 is 40.2 Å². The maximum Gasteiger partial charge on any atom is 0.340 e. The lowest BCUT2D eigenvalue weighted by Gasteiger charge is -2.14. The quantitative estimate of drug-likeness (QED) is 0.375. The van der Waals surface area contributed by atoms with Crippen LogP contribution in [-0.2, 0) is 14.3 Å². The standard InChI is InChI=1S/C14H14F4INO3/c15-13(16)14(17,18)8-23-12(22)3-1-2-11(21)20-10-6-4-9(19)5-7-10/h4-7,13H,1-3,8H2,(H,20,21). The SMILES string of the molecule is O=C(CCCC(=O)OCC(F)(F)C(F)F)Nc1ccc(I)cc1. The molecule has 0 saturated heterocycles. The molecule has 1 amide bonds. The Bertz CT molecular complexity index is 537. The molecule has 1 N–H and O–H groups in total. The van der Waals surface area contributed by atoms with Crippen LogP contribution in [0, 0.1) is 3.57 Å². The van der Waals surface area contributed by atoms with E-state index in [1.54, 1.807) is 24.3 Å². The highest BCUT2D eigenvalue weighted by atomic mass is 127. The van der Waals surface area contributed by atoms with Crippen molar-refractivity contribution in [1.82, 2.24) is 0 Å². The van der Waals surface area contributed by atoms with Gasteiger partial charge < -0.3 is 10.1 Å². The summed E-state index contributed by atoms with van der Waals surface area (Å²) in [6.07, 6.45) is -4.16. The molecule has 9 heteroatoms. The molecule has 0 aliphatic heterocycles. The lowest BCUT2D eigenvalue weighted by Crippen LogP contribution is -2.33. The number of benzene rings is 1. The average molecular weight is 447 g/mol. The van der Waals surface area contributed by atoms with Gasteiger partial charge in [0.2, 0.25) is 5.91 Å². The van der Waals surface area contributed by atoms with E-state index in [4.69, 9.17) is 0 Å². The van der Waals surface area contributed by atoms with Gasteiger partial charge in [-0.15, -0.1) is 0 Å². The van der Waals surface area contributed by atoms with Crippen LogP contribution in [0.15, 0.2) is 24.3 Å². The van der Waals surface area contributed by atoms with Crippen molar-refractivity contribution in [3.05, 3.63) is 27.8 Å². The Hall–Kier alpha value is -1.39. The minimum atomic E-state index is -4.36. The molecule has 0 unspecified atom stereocenters. The van der Waals surface area contributed by atoms with Crippen molar-refractivity contribution in [2.24, 2.45) is 0 Å². The average Bonchev–Trinajstić information content (AvgIpc) is 2.47. The number of halogens is 5. The molecule has 0 atom stereocenters. The second-order valence-corrected chi connectivity index (χ2v) is 5.88. The first-order chi connectivity index (χ1) is 10.7. The number of alkyl halides is 4. The third-order valence-corrected chi connectivity index (χ3v) is 3.38. The Morgan fingerprint density at radius 3 is 2.35 bits per heavy atom. The zero-order valence-electron chi connectivity index (χ0n) is 11.8. The van der Waals surface area contributed by atoms with E-state index in [-0.39, 0.29) is 25.2 Å². The highest BCUT2D eigenvalue weighted by molar-refractivity contribution is 14.1. The van der Waals surface area contributed by atoms with Gasteiger partial charge in [0.1, 0.15) is 0 Å². The van der Waals surface area contributed by atoms with Crippen LogP contribution in [0.3, 0.4) is 0 Å². The first-order valence-electron chi connectivity index (χ1n) is 6.58. The summed E-state index contributed by atoms with van der Waals surface area (Å²) < 4.78 is 53.9. The first kappa shape index (κ1) is 19.7. The monoisotopic (exact) mass is 447 g/mol. The number of carbonyl (C=O) groups is 2. The predicted molar refractivity (Wildman–Crippen MR) is 83.5 cm³/mol. The number of amides is 1. The van der Waals surface area contributed by atoms with Crippen LogP contribution in [0.25, 0.3) is 0 Å². The molecule has 0 heterocycles. The third-order valence-electron chi connectivity index (χ3n) is 2.66. The van der Waals surface area contributed by atoms with Crippen LogP contribution >= 0.6 is 22.6 Å². The minimum Gasteiger partial charge on any atom is -0.459 e. The lowest BCUT2D eigenvalue weighted by molar-refractivity contribution is -0.179. The summed E-state index contributed by atoms with van der Waals surface area (Å²) in [4.78, 5) is 22.8. The number of hydrogen-bond acceptors (Lipinski definition) is 3. The Labute approximate surface area is 143 Å². The van der Waals surface area contributed by atoms with Gasteiger partial charge in [-0.3, -0.25) is 9.59 Å². The number of hydrogen-bond donors (Lipinski definition) is 1. The summed E-state index contributed by atoms with van der Waals surface area (Å²) in [5, 5.41) is 2.60. The van der Waals surface area contributed by atoms with Gasteiger partial charge in [0.15, 0.2) is 6.61 Å². The minimum absolute atomic E-state index is 0.0215. The highest BCUT2D eigenvalue weighted by Gasteiger charge is 2.42. The third kappa shape index (κ3) is 7.62. The summed E-state index contributed by atoms with van der Waals surface area (Å²) >= 11 is 2.11. The molecule has 0 fully saturated rings. The van der Waals surface area contributed by atoms with E-state index in [0.29, 0.717) is 5.69 Å². The van der Waals surface area contributed by atoms with Gasteiger partial charge in [-0.1, -0.05) is 0 Å². The molecule has 0 aliphatic rings. The molecule has 0 saturated carbocycles. The molecule has 0 spiro atoms. The molecule has 0 aromatic heterocycles. The summed E-state index contributed by atoms with van der Waals surface area (Å²) in [5.41, 5.74) is 0.592. The molecular formula is C14H14F4INO3. The van der Waals surface area contributed by atoms with Crippen molar-refractivity contribution < 1.29 is 31.9 Å². The van der Waals surface area contributed by atoms with Crippen LogP contribution in [0.1, 0.15) is 19.3 Å². The maximum atomic E-state index is 12.5. The zero-order valence-corrected chi connectivity index (χ0v) is 14.0. The zero-order chi connectivity index (χ0) is 17.5. The van der Waals surface area contributed by atoms with Gasteiger partial charge in [-0.25, -0.2) is 8.78 Å². The van der Waals surface area contributed by atoms with Crippen molar-refractivity contribution in [2.45, 2.75) is 31.6 Å². The van der Waals surface area contributed by atoms with Crippen molar-refractivity contribution in [3.8, 4) is 0 Å². The number of anilines is 1. The Morgan fingerprint density at radius 1 is 1.17 bits per heavy atom. The molecule has 1 rings (SSSR count). The van der Waals surface area contributed by atoms with Crippen LogP contribution in [-0.4, -0.2) is 30.8 Å². The maximum absolute atomic E-state index is 12.5. The van der Waals surface area contributed by atoms with Crippen LogP contribution < -0.4 is 5.32 Å². The Kier molecular flexibility index (Phi) is 7.73. The summed E-state index contributed by atoms with van der Waals surface area (Å²) in [6, 6.07) is 7.02. The molecule has 23 heavy (non-hydrogen) atoms. The fourth-order valence-corrected chi connectivity index (χ4v) is 1.82. The van der Waals surface area contributed by atoms with Crippen molar-refractivity contribution in [1.29, 1.82) is 0 Å². The van der Waals surface area contributed by atoms with Gasteiger partial charge in [0.05, 0.1) is 0 Å². The number of rotatable bonds is 8. The van der Waals surface area contributed by atoms with E-state index in [1.165, 1.54) is 0 Å². The molecular weight excluding hydrogens is 433 g/mol.